The Morgan fingerprint density at radius 1 is 1.00 bits per heavy atom. The van der Waals surface area contributed by atoms with Crippen molar-refractivity contribution in [2.45, 2.75) is 37.9 Å². The summed E-state index contributed by atoms with van der Waals surface area (Å²) in [7, 11) is 2.06. The van der Waals surface area contributed by atoms with Gasteiger partial charge in [-0.1, -0.05) is 72.8 Å². The second-order valence-electron chi connectivity index (χ2n) is 9.52. The van der Waals surface area contributed by atoms with Crippen molar-refractivity contribution in [2.75, 3.05) is 32.0 Å². The summed E-state index contributed by atoms with van der Waals surface area (Å²) in [5, 5.41) is 15.2. The number of carbonyl (C=O) groups excluding carboxylic acids is 1. The lowest BCUT2D eigenvalue weighted by Gasteiger charge is -2.44. The zero-order valence-electron chi connectivity index (χ0n) is 22.0. The van der Waals surface area contributed by atoms with Crippen LogP contribution in [0, 0.1) is 0 Å². The van der Waals surface area contributed by atoms with Crippen LogP contribution in [-0.4, -0.2) is 48.8 Å². The van der Waals surface area contributed by atoms with Gasteiger partial charge >= 0.3 is 6.03 Å². The molecule has 1 aliphatic heterocycles. The van der Waals surface area contributed by atoms with Crippen molar-refractivity contribution < 1.29 is 19.4 Å². The van der Waals surface area contributed by atoms with Crippen LogP contribution < -0.4 is 10.6 Å². The van der Waals surface area contributed by atoms with Gasteiger partial charge in [0.25, 0.3) is 0 Å². The third-order valence-corrected chi connectivity index (χ3v) is 6.66. The van der Waals surface area contributed by atoms with E-state index in [9.17, 15) is 9.90 Å². The van der Waals surface area contributed by atoms with E-state index in [-0.39, 0.29) is 30.8 Å². The van der Waals surface area contributed by atoms with E-state index in [0.717, 1.165) is 28.8 Å². The Kier molecular flexibility index (Phi) is 9.67. The van der Waals surface area contributed by atoms with Crippen molar-refractivity contribution >= 4 is 11.7 Å². The van der Waals surface area contributed by atoms with Crippen molar-refractivity contribution in [2.24, 2.45) is 0 Å². The lowest BCUT2D eigenvalue weighted by Crippen LogP contribution is -2.43. The second kappa shape index (κ2) is 13.3. The number of hydrogen-bond acceptors (Lipinski definition) is 5. The molecule has 7 nitrogen and oxygen atoms in total. The summed E-state index contributed by atoms with van der Waals surface area (Å²) in [5.74, 6) is -0.0728. The Hall–Kier alpha value is -3.49. The normalized spacial score (nSPS) is 21.2. The number of urea groups is 1. The minimum absolute atomic E-state index is 0.0139. The van der Waals surface area contributed by atoms with Crippen molar-refractivity contribution in [1.29, 1.82) is 0 Å². The van der Waals surface area contributed by atoms with Gasteiger partial charge in [0, 0.05) is 36.8 Å². The maximum Gasteiger partial charge on any atom is 0.319 e. The number of ether oxygens (including phenoxy) is 2. The number of benzene rings is 3. The number of likely N-dealkylation sites (N-methyl/N-ethyl adjacent to an activating group) is 1. The molecule has 1 fully saturated rings. The number of anilines is 1. The fraction of sp³-hybridized carbons (Fsp3) is 0.323. The van der Waals surface area contributed by atoms with E-state index < -0.39 is 6.29 Å². The van der Waals surface area contributed by atoms with Gasteiger partial charge in [-0.15, -0.1) is 6.58 Å². The topological polar surface area (TPSA) is 83.1 Å². The lowest BCUT2D eigenvalue weighted by atomic mass is 9.83. The van der Waals surface area contributed by atoms with Gasteiger partial charge in [-0.2, -0.15) is 0 Å². The van der Waals surface area contributed by atoms with Crippen molar-refractivity contribution in [1.82, 2.24) is 10.2 Å². The van der Waals surface area contributed by atoms with Gasteiger partial charge in [0.15, 0.2) is 6.29 Å². The van der Waals surface area contributed by atoms with Crippen molar-refractivity contribution in [3.05, 3.63) is 114 Å². The molecule has 0 spiro atoms. The second-order valence-corrected chi connectivity index (χ2v) is 9.52. The van der Waals surface area contributed by atoms with Crippen LogP contribution in [0.2, 0.25) is 0 Å². The van der Waals surface area contributed by atoms with Gasteiger partial charge in [-0.05, 0) is 42.8 Å². The molecule has 0 bridgehead atoms. The number of carbonyl (C=O) groups is 1. The summed E-state index contributed by atoms with van der Waals surface area (Å²) in [6.45, 7) is 7.70. The van der Waals surface area contributed by atoms with E-state index in [1.54, 1.807) is 0 Å². The Bertz CT molecular complexity index is 1190. The number of aliphatic hydroxyl groups is 1. The molecular weight excluding hydrogens is 478 g/mol. The maximum absolute atomic E-state index is 12.1. The van der Waals surface area contributed by atoms with E-state index >= 15 is 0 Å². The molecule has 1 heterocycles. The molecule has 4 unspecified atom stereocenters. The average molecular weight is 516 g/mol. The van der Waals surface area contributed by atoms with E-state index in [0.29, 0.717) is 18.8 Å². The average Bonchev–Trinajstić information content (AvgIpc) is 2.93. The molecule has 4 rings (SSSR count). The number of nitrogens with one attached hydrogen (secondary N) is 2. The van der Waals surface area contributed by atoms with E-state index in [1.807, 2.05) is 79.7 Å². The zero-order valence-corrected chi connectivity index (χ0v) is 22.0. The number of amides is 2. The molecule has 38 heavy (non-hydrogen) atoms. The highest BCUT2D eigenvalue weighted by Crippen LogP contribution is 2.47. The van der Waals surface area contributed by atoms with Gasteiger partial charge in [-0.3, -0.25) is 0 Å². The molecule has 0 aliphatic carbocycles. The first-order valence-electron chi connectivity index (χ1n) is 13.0. The fourth-order valence-corrected chi connectivity index (χ4v) is 4.87. The van der Waals surface area contributed by atoms with Gasteiger partial charge in [0.05, 0.1) is 18.8 Å². The smallest absolute Gasteiger partial charge is 0.319 e. The first kappa shape index (κ1) is 27.5. The summed E-state index contributed by atoms with van der Waals surface area (Å²) in [6, 6.07) is 25.5. The minimum atomic E-state index is -0.643. The minimum Gasteiger partial charge on any atom is -0.392 e. The van der Waals surface area contributed by atoms with Crippen molar-refractivity contribution in [3.8, 4) is 0 Å². The van der Waals surface area contributed by atoms with Crippen molar-refractivity contribution in [3.63, 3.8) is 0 Å². The standard InChI is InChI=1S/C31H37N3O4/c1-4-18-34(3)20-27-28(23-10-7-6-8-11-23)29(24-16-14-22(21-35)15-17-24)38-30(37-27)25-12-9-13-26(19-25)33-31(36)32-5-2/h4,6-17,19,27-30,35H,1,5,18,20-21H2,2-3H3,(H2,32,33,36). The SMILES string of the molecule is C=CCN(C)CC1OC(c2cccc(NC(=O)NCC)c2)OC(c2ccc(CO)cc2)C1c1ccccc1. The highest BCUT2D eigenvalue weighted by atomic mass is 16.7. The number of nitrogens with zero attached hydrogens (tertiary/aromatic N) is 1. The molecular formula is C31H37N3O4. The Labute approximate surface area is 225 Å². The molecule has 3 aromatic carbocycles. The third kappa shape index (κ3) is 6.88. The highest BCUT2D eigenvalue weighted by Gasteiger charge is 2.42. The van der Waals surface area contributed by atoms with E-state index in [1.165, 1.54) is 0 Å². The summed E-state index contributed by atoms with van der Waals surface area (Å²) in [6.07, 6.45) is 0.751. The van der Waals surface area contributed by atoms with Gasteiger partial charge in [0.2, 0.25) is 0 Å². The molecule has 3 N–H and O–H groups in total. The summed E-state index contributed by atoms with van der Waals surface area (Å²) < 4.78 is 13.4. The van der Waals surface area contributed by atoms with Crippen LogP contribution in [0.3, 0.4) is 0 Å². The first-order valence-corrected chi connectivity index (χ1v) is 13.0. The van der Waals surface area contributed by atoms with Crippen LogP contribution in [-0.2, 0) is 16.1 Å². The molecule has 4 atom stereocenters. The lowest BCUT2D eigenvalue weighted by molar-refractivity contribution is -0.263. The van der Waals surface area contributed by atoms with Gasteiger partial charge in [-0.25, -0.2) is 4.79 Å². The monoisotopic (exact) mass is 515 g/mol. The molecule has 200 valence electrons. The van der Waals surface area contributed by atoms with Crippen LogP contribution in [0.25, 0.3) is 0 Å². The number of hydrogen-bond donors (Lipinski definition) is 3. The van der Waals surface area contributed by atoms with E-state index in [2.05, 4.69) is 41.3 Å². The molecule has 0 aromatic heterocycles. The molecule has 1 aliphatic rings. The summed E-state index contributed by atoms with van der Waals surface area (Å²) in [4.78, 5) is 14.3. The fourth-order valence-electron chi connectivity index (χ4n) is 4.87. The van der Waals surface area contributed by atoms with Crippen LogP contribution in [0.4, 0.5) is 10.5 Å². The molecule has 1 saturated heterocycles. The Morgan fingerprint density at radius 2 is 1.74 bits per heavy atom. The summed E-state index contributed by atoms with van der Waals surface area (Å²) >= 11 is 0. The molecule has 0 saturated carbocycles. The van der Waals surface area contributed by atoms with E-state index in [4.69, 9.17) is 9.47 Å². The predicted octanol–water partition coefficient (Wildman–Crippen LogP) is 5.38. The van der Waals surface area contributed by atoms with Crippen LogP contribution in [0.15, 0.2) is 91.5 Å². The first-order chi connectivity index (χ1) is 18.5. The van der Waals surface area contributed by atoms with Crippen LogP contribution in [0.1, 0.15) is 47.5 Å². The van der Waals surface area contributed by atoms with Gasteiger partial charge < -0.3 is 30.1 Å². The summed E-state index contributed by atoms with van der Waals surface area (Å²) in [5.41, 5.74) is 4.47. The molecule has 2 amide bonds. The Morgan fingerprint density at radius 3 is 2.42 bits per heavy atom. The van der Waals surface area contributed by atoms with Crippen LogP contribution in [0.5, 0.6) is 0 Å². The largest absolute Gasteiger partial charge is 0.392 e. The third-order valence-electron chi connectivity index (χ3n) is 6.66. The number of aliphatic hydroxyl groups excluding tert-OH is 1. The predicted molar refractivity (Wildman–Crippen MR) is 150 cm³/mol. The molecule has 3 aromatic rings. The quantitative estimate of drug-likeness (QED) is 0.316. The Balaban J connectivity index is 1.72. The molecule has 7 heteroatoms. The highest BCUT2D eigenvalue weighted by molar-refractivity contribution is 5.89. The number of rotatable bonds is 10. The van der Waals surface area contributed by atoms with Crippen LogP contribution >= 0.6 is 0 Å². The zero-order chi connectivity index (χ0) is 26.9. The molecule has 0 radical (unpaired) electrons. The maximum atomic E-state index is 12.1. The van der Waals surface area contributed by atoms with Gasteiger partial charge in [0.1, 0.15) is 0 Å².